The number of nitrogens with zero attached hydrogens (tertiary/aromatic N) is 2. The van der Waals surface area contributed by atoms with Gasteiger partial charge in [0.2, 0.25) is 0 Å². The van der Waals surface area contributed by atoms with E-state index in [9.17, 15) is 4.79 Å². The molecule has 1 N–H and O–H groups in total. The van der Waals surface area contributed by atoms with Crippen molar-refractivity contribution in [1.29, 1.82) is 0 Å². The second-order valence-corrected chi connectivity index (χ2v) is 3.90. The fraction of sp³-hybridized carbons (Fsp3) is 0.0833. The minimum Gasteiger partial charge on any atom is -0.320 e. The second kappa shape index (κ2) is 4.93. The van der Waals surface area contributed by atoms with E-state index in [-0.39, 0.29) is 16.8 Å². The molecule has 0 aliphatic rings. The van der Waals surface area contributed by atoms with Crippen LogP contribution >= 0.6 is 11.6 Å². The molecular formula is C12H10ClN3O. The highest BCUT2D eigenvalue weighted by molar-refractivity contribution is 6.29. The van der Waals surface area contributed by atoms with Gasteiger partial charge in [0.05, 0.1) is 0 Å². The van der Waals surface area contributed by atoms with Gasteiger partial charge in [0.25, 0.3) is 5.91 Å². The topological polar surface area (TPSA) is 54.9 Å². The number of hydrogen-bond donors (Lipinski definition) is 1. The smallest absolute Gasteiger partial charge is 0.276 e. The fourth-order valence-electron chi connectivity index (χ4n) is 1.34. The Hall–Kier alpha value is -1.94. The number of carbonyl (C=O) groups is 1. The Morgan fingerprint density at radius 3 is 2.59 bits per heavy atom. The van der Waals surface area contributed by atoms with Crippen molar-refractivity contribution in [3.8, 4) is 0 Å². The van der Waals surface area contributed by atoms with Crippen molar-refractivity contribution in [3.05, 3.63) is 52.8 Å². The SMILES string of the molecule is Cc1ccccc1NC(=O)c1ccc(Cl)nn1. The number of nitrogens with one attached hydrogen (secondary N) is 1. The Labute approximate surface area is 104 Å². The van der Waals surface area contributed by atoms with Crippen LogP contribution in [0.3, 0.4) is 0 Å². The Bertz CT molecular complexity index is 540. The van der Waals surface area contributed by atoms with Gasteiger partial charge in [-0.05, 0) is 30.7 Å². The average molecular weight is 248 g/mol. The van der Waals surface area contributed by atoms with Gasteiger partial charge in [0, 0.05) is 5.69 Å². The Balaban J connectivity index is 2.17. The summed E-state index contributed by atoms with van der Waals surface area (Å²) in [6.45, 7) is 1.92. The lowest BCUT2D eigenvalue weighted by atomic mass is 10.2. The normalized spacial score (nSPS) is 10.0. The number of rotatable bonds is 2. The van der Waals surface area contributed by atoms with Crippen molar-refractivity contribution in [2.24, 2.45) is 0 Å². The standard InChI is InChI=1S/C12H10ClN3O/c1-8-4-2-3-5-9(8)14-12(17)10-6-7-11(13)16-15-10/h2-7H,1H3,(H,14,17). The molecule has 0 atom stereocenters. The minimum atomic E-state index is -0.302. The molecule has 1 amide bonds. The summed E-state index contributed by atoms with van der Waals surface area (Å²) in [6, 6.07) is 10.6. The number of anilines is 1. The fourth-order valence-corrected chi connectivity index (χ4v) is 1.44. The summed E-state index contributed by atoms with van der Waals surface area (Å²) < 4.78 is 0. The van der Waals surface area contributed by atoms with Crippen LogP contribution in [0.4, 0.5) is 5.69 Å². The number of para-hydroxylation sites is 1. The first kappa shape index (κ1) is 11.5. The predicted molar refractivity (Wildman–Crippen MR) is 66.2 cm³/mol. The van der Waals surface area contributed by atoms with Gasteiger partial charge >= 0.3 is 0 Å². The largest absolute Gasteiger partial charge is 0.320 e. The molecular weight excluding hydrogens is 238 g/mol. The molecule has 1 aromatic heterocycles. The van der Waals surface area contributed by atoms with Gasteiger partial charge < -0.3 is 5.32 Å². The van der Waals surface area contributed by atoms with Gasteiger partial charge in [0.15, 0.2) is 10.8 Å². The zero-order chi connectivity index (χ0) is 12.3. The maximum absolute atomic E-state index is 11.8. The van der Waals surface area contributed by atoms with E-state index in [0.717, 1.165) is 11.3 Å². The van der Waals surface area contributed by atoms with E-state index in [1.807, 2.05) is 31.2 Å². The van der Waals surface area contributed by atoms with Crippen molar-refractivity contribution in [3.63, 3.8) is 0 Å². The molecule has 1 aromatic carbocycles. The third-order valence-corrected chi connectivity index (χ3v) is 2.46. The molecule has 0 radical (unpaired) electrons. The lowest BCUT2D eigenvalue weighted by Crippen LogP contribution is -2.14. The predicted octanol–water partition coefficient (Wildman–Crippen LogP) is 2.69. The van der Waals surface area contributed by atoms with Crippen LogP contribution in [0.1, 0.15) is 16.1 Å². The molecule has 1 heterocycles. The number of aryl methyl sites for hydroxylation is 1. The van der Waals surface area contributed by atoms with Gasteiger partial charge in [0.1, 0.15) is 0 Å². The van der Waals surface area contributed by atoms with E-state index in [1.54, 1.807) is 0 Å². The van der Waals surface area contributed by atoms with Crippen LogP contribution in [0.2, 0.25) is 5.15 Å². The molecule has 0 saturated heterocycles. The van der Waals surface area contributed by atoms with Crippen LogP contribution in [-0.4, -0.2) is 16.1 Å². The number of hydrogen-bond acceptors (Lipinski definition) is 3. The van der Waals surface area contributed by atoms with E-state index in [1.165, 1.54) is 12.1 Å². The first-order valence-electron chi connectivity index (χ1n) is 5.03. The quantitative estimate of drug-likeness (QED) is 0.888. The lowest BCUT2D eigenvalue weighted by Gasteiger charge is -2.06. The van der Waals surface area contributed by atoms with Crippen LogP contribution < -0.4 is 5.32 Å². The van der Waals surface area contributed by atoms with Crippen LogP contribution in [0, 0.1) is 6.92 Å². The van der Waals surface area contributed by atoms with Crippen LogP contribution in [0.5, 0.6) is 0 Å². The Morgan fingerprint density at radius 2 is 1.94 bits per heavy atom. The van der Waals surface area contributed by atoms with Gasteiger partial charge in [-0.3, -0.25) is 4.79 Å². The van der Waals surface area contributed by atoms with E-state index in [4.69, 9.17) is 11.6 Å². The third-order valence-electron chi connectivity index (χ3n) is 2.26. The van der Waals surface area contributed by atoms with Crippen molar-refractivity contribution >= 4 is 23.2 Å². The first-order valence-corrected chi connectivity index (χ1v) is 5.41. The van der Waals surface area contributed by atoms with Crippen molar-refractivity contribution in [2.45, 2.75) is 6.92 Å². The van der Waals surface area contributed by atoms with Gasteiger partial charge in [-0.15, -0.1) is 10.2 Å². The van der Waals surface area contributed by atoms with Crippen molar-refractivity contribution in [1.82, 2.24) is 10.2 Å². The van der Waals surface area contributed by atoms with Crippen LogP contribution in [-0.2, 0) is 0 Å². The maximum atomic E-state index is 11.8. The summed E-state index contributed by atoms with van der Waals surface area (Å²) in [5, 5.41) is 10.4. The maximum Gasteiger partial charge on any atom is 0.276 e. The average Bonchev–Trinajstić information content (AvgIpc) is 2.33. The first-order chi connectivity index (χ1) is 8.16. The number of aromatic nitrogens is 2. The zero-order valence-corrected chi connectivity index (χ0v) is 9.90. The van der Waals surface area contributed by atoms with Crippen LogP contribution in [0.25, 0.3) is 0 Å². The highest BCUT2D eigenvalue weighted by Crippen LogP contribution is 2.14. The summed E-state index contributed by atoms with van der Waals surface area (Å²) in [5.41, 5.74) is 1.98. The molecule has 0 bridgehead atoms. The number of halogens is 1. The lowest BCUT2D eigenvalue weighted by molar-refractivity contribution is 0.102. The molecule has 17 heavy (non-hydrogen) atoms. The van der Waals surface area contributed by atoms with Gasteiger partial charge in [-0.2, -0.15) is 0 Å². The molecule has 0 spiro atoms. The molecule has 4 nitrogen and oxygen atoms in total. The summed E-state index contributed by atoms with van der Waals surface area (Å²) in [6.07, 6.45) is 0. The molecule has 0 saturated carbocycles. The summed E-state index contributed by atoms with van der Waals surface area (Å²) in [4.78, 5) is 11.8. The highest BCUT2D eigenvalue weighted by atomic mass is 35.5. The van der Waals surface area contributed by atoms with E-state index >= 15 is 0 Å². The number of carbonyl (C=O) groups excluding carboxylic acids is 1. The minimum absolute atomic E-state index is 0.234. The van der Waals surface area contributed by atoms with E-state index in [2.05, 4.69) is 15.5 Å². The van der Waals surface area contributed by atoms with Crippen LogP contribution in [0.15, 0.2) is 36.4 Å². The summed E-state index contributed by atoms with van der Waals surface area (Å²) in [5.74, 6) is -0.302. The van der Waals surface area contributed by atoms with Crippen molar-refractivity contribution < 1.29 is 4.79 Å². The van der Waals surface area contributed by atoms with Gasteiger partial charge in [-0.1, -0.05) is 29.8 Å². The molecule has 0 unspecified atom stereocenters. The highest BCUT2D eigenvalue weighted by Gasteiger charge is 2.09. The molecule has 0 aliphatic heterocycles. The second-order valence-electron chi connectivity index (χ2n) is 3.51. The Kier molecular flexibility index (Phi) is 3.35. The van der Waals surface area contributed by atoms with E-state index in [0.29, 0.717) is 0 Å². The molecule has 86 valence electrons. The number of amides is 1. The molecule has 0 fully saturated rings. The number of benzene rings is 1. The van der Waals surface area contributed by atoms with E-state index < -0.39 is 0 Å². The Morgan fingerprint density at radius 1 is 1.18 bits per heavy atom. The molecule has 0 aliphatic carbocycles. The molecule has 5 heteroatoms. The summed E-state index contributed by atoms with van der Waals surface area (Å²) in [7, 11) is 0. The zero-order valence-electron chi connectivity index (χ0n) is 9.14. The van der Waals surface area contributed by atoms with Crippen molar-refractivity contribution in [2.75, 3.05) is 5.32 Å². The third kappa shape index (κ3) is 2.79. The van der Waals surface area contributed by atoms with Gasteiger partial charge in [-0.25, -0.2) is 0 Å². The molecule has 2 aromatic rings. The monoisotopic (exact) mass is 247 g/mol. The summed E-state index contributed by atoms with van der Waals surface area (Å²) >= 11 is 5.60. The molecule has 2 rings (SSSR count).